The van der Waals surface area contributed by atoms with Crippen molar-refractivity contribution < 1.29 is 22.8 Å². The first-order chi connectivity index (χ1) is 9.54. The van der Waals surface area contributed by atoms with Crippen LogP contribution in [0.3, 0.4) is 0 Å². The van der Waals surface area contributed by atoms with Gasteiger partial charge in [0.15, 0.2) is 6.61 Å². The first-order valence-electron chi connectivity index (χ1n) is 5.67. The number of halogens is 2. The van der Waals surface area contributed by atoms with Gasteiger partial charge in [0.1, 0.15) is 5.82 Å². The molecular weight excluding hydrogens is 272 g/mol. The summed E-state index contributed by atoms with van der Waals surface area (Å²) in [5, 5.41) is 6.03. The second-order valence-electron chi connectivity index (χ2n) is 3.85. The lowest BCUT2D eigenvalue weighted by atomic mass is 10.3. The molecular formula is C12H11F2N3O3. The normalized spacial score (nSPS) is 10.6. The molecule has 0 aliphatic heterocycles. The molecule has 8 heteroatoms. The maximum absolute atomic E-state index is 12.0. The van der Waals surface area contributed by atoms with Gasteiger partial charge >= 0.3 is 0 Å². The fourth-order valence-corrected chi connectivity index (χ4v) is 1.36. The molecule has 0 spiro atoms. The smallest absolute Gasteiger partial charge is 0.295 e. The Morgan fingerprint density at radius 3 is 2.95 bits per heavy atom. The third-order valence-electron chi connectivity index (χ3n) is 2.17. The van der Waals surface area contributed by atoms with Crippen LogP contribution in [0.15, 0.2) is 28.8 Å². The molecule has 0 unspecified atom stereocenters. The molecule has 6 nitrogen and oxygen atoms in total. The van der Waals surface area contributed by atoms with Gasteiger partial charge < -0.3 is 14.6 Å². The molecule has 2 aromatic heterocycles. The minimum atomic E-state index is -2.59. The van der Waals surface area contributed by atoms with E-state index in [0.29, 0.717) is 5.69 Å². The minimum absolute atomic E-state index is 0.00292. The number of aromatic nitrogens is 2. The lowest BCUT2D eigenvalue weighted by Gasteiger charge is -2.06. The summed E-state index contributed by atoms with van der Waals surface area (Å²) in [5.74, 6) is -0.347. The molecule has 1 amide bonds. The van der Waals surface area contributed by atoms with Crippen LogP contribution in [0.25, 0.3) is 0 Å². The third kappa shape index (κ3) is 3.74. The number of carbonyl (C=O) groups excluding carboxylic acids is 1. The van der Waals surface area contributed by atoms with Crippen molar-refractivity contribution in [3.05, 3.63) is 35.7 Å². The fraction of sp³-hybridized carbons (Fsp3) is 0.250. The summed E-state index contributed by atoms with van der Waals surface area (Å²) in [6, 6.07) is 5.90. The van der Waals surface area contributed by atoms with Crippen molar-refractivity contribution in [3.8, 4) is 5.88 Å². The summed E-state index contributed by atoms with van der Waals surface area (Å²) in [4.78, 5) is 15.6. The Kier molecular flexibility index (Phi) is 4.24. The highest BCUT2D eigenvalue weighted by atomic mass is 19.3. The van der Waals surface area contributed by atoms with Crippen LogP contribution in [0.5, 0.6) is 5.88 Å². The zero-order valence-electron chi connectivity index (χ0n) is 10.5. The van der Waals surface area contributed by atoms with Gasteiger partial charge in [-0.15, -0.1) is 0 Å². The Balaban J connectivity index is 2.02. The number of rotatable bonds is 5. The lowest BCUT2D eigenvalue weighted by molar-refractivity contribution is 0.0796. The predicted octanol–water partition coefficient (Wildman–Crippen LogP) is 2.27. The van der Waals surface area contributed by atoms with Crippen LogP contribution >= 0.6 is 0 Å². The molecule has 0 saturated carbocycles. The molecule has 0 aliphatic carbocycles. The number of aryl methyl sites for hydroxylation is 1. The van der Waals surface area contributed by atoms with Crippen molar-refractivity contribution in [2.24, 2.45) is 0 Å². The fourth-order valence-electron chi connectivity index (χ4n) is 1.36. The van der Waals surface area contributed by atoms with Crippen molar-refractivity contribution in [2.45, 2.75) is 13.3 Å². The topological polar surface area (TPSA) is 77.2 Å². The lowest BCUT2D eigenvalue weighted by Crippen LogP contribution is -2.13. The molecule has 0 atom stereocenters. The number of ether oxygens (including phenoxy) is 1. The van der Waals surface area contributed by atoms with Crippen LogP contribution in [-0.4, -0.2) is 29.1 Å². The van der Waals surface area contributed by atoms with E-state index in [9.17, 15) is 13.6 Å². The van der Waals surface area contributed by atoms with Crippen LogP contribution in [0.2, 0.25) is 0 Å². The Morgan fingerprint density at radius 1 is 1.50 bits per heavy atom. The predicted molar refractivity (Wildman–Crippen MR) is 64.9 cm³/mol. The zero-order chi connectivity index (χ0) is 14.5. The van der Waals surface area contributed by atoms with Gasteiger partial charge in [-0.05, 0) is 13.0 Å². The highest BCUT2D eigenvalue weighted by molar-refractivity contribution is 6.01. The van der Waals surface area contributed by atoms with E-state index in [1.807, 2.05) is 0 Å². The highest BCUT2D eigenvalue weighted by Gasteiger charge is 2.13. The quantitative estimate of drug-likeness (QED) is 0.910. The number of amides is 1. The average molecular weight is 283 g/mol. The van der Waals surface area contributed by atoms with Crippen molar-refractivity contribution in [1.29, 1.82) is 0 Å². The third-order valence-corrected chi connectivity index (χ3v) is 2.17. The van der Waals surface area contributed by atoms with E-state index in [1.54, 1.807) is 6.92 Å². The van der Waals surface area contributed by atoms with E-state index in [1.165, 1.54) is 24.3 Å². The molecule has 0 saturated heterocycles. The first kappa shape index (κ1) is 13.9. The number of hydrogen-bond donors (Lipinski definition) is 1. The van der Waals surface area contributed by atoms with E-state index >= 15 is 0 Å². The van der Waals surface area contributed by atoms with Gasteiger partial charge in [-0.25, -0.2) is 8.78 Å². The van der Waals surface area contributed by atoms with Crippen LogP contribution in [-0.2, 0) is 0 Å². The number of hydrogen-bond acceptors (Lipinski definition) is 5. The molecule has 2 aromatic rings. The van der Waals surface area contributed by atoms with E-state index in [2.05, 4.69) is 15.5 Å². The number of nitrogens with one attached hydrogen (secondary N) is 1. The van der Waals surface area contributed by atoms with Gasteiger partial charge in [-0.2, -0.15) is 4.98 Å². The molecule has 2 rings (SSSR count). The van der Waals surface area contributed by atoms with Gasteiger partial charge in [0.2, 0.25) is 11.6 Å². The van der Waals surface area contributed by atoms with E-state index in [0.717, 1.165) is 0 Å². The maximum Gasteiger partial charge on any atom is 0.295 e. The number of nitrogens with zero attached hydrogens (tertiary/aromatic N) is 2. The van der Waals surface area contributed by atoms with Gasteiger partial charge in [-0.1, -0.05) is 11.2 Å². The number of carbonyl (C=O) groups is 1. The molecule has 20 heavy (non-hydrogen) atoms. The van der Waals surface area contributed by atoms with Gasteiger partial charge in [0.25, 0.3) is 12.3 Å². The monoisotopic (exact) mass is 283 g/mol. The van der Waals surface area contributed by atoms with Gasteiger partial charge in [0, 0.05) is 12.1 Å². The minimum Gasteiger partial charge on any atom is -0.472 e. The average Bonchev–Trinajstić information content (AvgIpc) is 2.84. The Labute approximate surface area is 112 Å². The first-order valence-corrected chi connectivity index (χ1v) is 5.67. The molecule has 0 bridgehead atoms. The molecule has 0 radical (unpaired) electrons. The summed E-state index contributed by atoms with van der Waals surface area (Å²) >= 11 is 0. The number of alkyl halides is 2. The van der Waals surface area contributed by atoms with Crippen molar-refractivity contribution in [1.82, 2.24) is 10.1 Å². The molecule has 0 aliphatic rings. The Hall–Kier alpha value is -2.51. The molecule has 106 valence electrons. The van der Waals surface area contributed by atoms with Crippen LogP contribution in [0, 0.1) is 6.92 Å². The Bertz CT molecular complexity index is 601. The summed E-state index contributed by atoms with van der Waals surface area (Å²) in [6.07, 6.45) is -2.59. The van der Waals surface area contributed by atoms with Crippen LogP contribution in [0.1, 0.15) is 16.2 Å². The molecule has 0 aromatic carbocycles. The summed E-state index contributed by atoms with van der Waals surface area (Å²) in [7, 11) is 0. The SMILES string of the molecule is Cc1cc(C(=O)Nc2cccc(OCC(F)F)n2)on1. The van der Waals surface area contributed by atoms with Crippen LogP contribution < -0.4 is 10.1 Å². The molecule has 1 N–H and O–H groups in total. The zero-order valence-corrected chi connectivity index (χ0v) is 10.5. The second-order valence-corrected chi connectivity index (χ2v) is 3.85. The number of pyridine rings is 1. The van der Waals surface area contributed by atoms with E-state index in [4.69, 9.17) is 9.26 Å². The molecule has 0 fully saturated rings. The summed E-state index contributed by atoms with van der Waals surface area (Å²) in [6.45, 7) is 0.920. The Morgan fingerprint density at radius 2 is 2.30 bits per heavy atom. The van der Waals surface area contributed by atoms with Crippen LogP contribution in [0.4, 0.5) is 14.6 Å². The van der Waals surface area contributed by atoms with Crippen molar-refractivity contribution in [3.63, 3.8) is 0 Å². The number of anilines is 1. The van der Waals surface area contributed by atoms with Crippen molar-refractivity contribution >= 4 is 11.7 Å². The summed E-state index contributed by atoms with van der Waals surface area (Å²) in [5.41, 5.74) is 0.567. The van der Waals surface area contributed by atoms with E-state index < -0.39 is 18.9 Å². The van der Waals surface area contributed by atoms with Gasteiger partial charge in [-0.3, -0.25) is 4.79 Å². The molecule has 2 heterocycles. The van der Waals surface area contributed by atoms with Crippen molar-refractivity contribution in [2.75, 3.05) is 11.9 Å². The maximum atomic E-state index is 12.0. The highest BCUT2D eigenvalue weighted by Crippen LogP contribution is 2.13. The standard InChI is InChI=1S/C12H11F2N3O3/c1-7-5-8(20-17-7)12(18)16-10-3-2-4-11(15-10)19-6-9(13)14/h2-5,9H,6H2,1H3,(H,15,16,18). The largest absolute Gasteiger partial charge is 0.472 e. The van der Waals surface area contributed by atoms with E-state index in [-0.39, 0.29) is 17.5 Å². The summed E-state index contributed by atoms with van der Waals surface area (Å²) < 4.78 is 33.6. The van der Waals surface area contributed by atoms with Gasteiger partial charge in [0.05, 0.1) is 5.69 Å². The second kappa shape index (κ2) is 6.09.